The quantitative estimate of drug-likeness (QED) is 0.302. The number of hydroxylamine groups is 2. The van der Waals surface area contributed by atoms with Crippen molar-refractivity contribution in [1.82, 2.24) is 5.06 Å². The van der Waals surface area contributed by atoms with Gasteiger partial charge in [0.2, 0.25) is 8.32 Å². The minimum Gasteiger partial charge on any atom is -0.343 e. The van der Waals surface area contributed by atoms with Gasteiger partial charge in [-0.05, 0) is 37.5 Å². The Balaban J connectivity index is 2.45. The molecule has 17 heavy (non-hydrogen) atoms. The van der Waals surface area contributed by atoms with E-state index in [1.807, 2.05) is 0 Å². The smallest absolute Gasteiger partial charge is 0.215 e. The highest BCUT2D eigenvalue weighted by atomic mass is 28.4. The van der Waals surface area contributed by atoms with Gasteiger partial charge in [0.25, 0.3) is 0 Å². The first-order chi connectivity index (χ1) is 8.09. The fraction of sp³-hybridized carbons (Fsp3) is 1.00. The van der Waals surface area contributed by atoms with Crippen LogP contribution in [0.25, 0.3) is 10.4 Å². The molecule has 0 aromatic rings. The van der Waals surface area contributed by atoms with E-state index in [0.29, 0.717) is 12.6 Å². The van der Waals surface area contributed by atoms with Gasteiger partial charge in [0.05, 0.1) is 0 Å². The van der Waals surface area contributed by atoms with Crippen molar-refractivity contribution in [2.24, 2.45) is 5.11 Å². The molecule has 5 nitrogen and oxygen atoms in total. The zero-order chi connectivity index (χ0) is 12.7. The largest absolute Gasteiger partial charge is 0.343 e. The second kappa shape index (κ2) is 7.01. The van der Waals surface area contributed by atoms with Crippen molar-refractivity contribution in [2.75, 3.05) is 13.1 Å². The normalized spacial score (nSPS) is 21.5. The Morgan fingerprint density at radius 3 is 2.94 bits per heavy atom. The summed E-state index contributed by atoms with van der Waals surface area (Å²) in [5.41, 5.74) is 8.37. The second-order valence-electron chi connectivity index (χ2n) is 5.30. The van der Waals surface area contributed by atoms with E-state index in [2.05, 4.69) is 35.1 Å². The zero-order valence-electron chi connectivity index (χ0n) is 11.2. The van der Waals surface area contributed by atoms with E-state index >= 15 is 0 Å². The fourth-order valence-electron chi connectivity index (χ4n) is 2.21. The summed E-state index contributed by atoms with van der Waals surface area (Å²) >= 11 is 0. The van der Waals surface area contributed by atoms with Crippen molar-refractivity contribution in [3.05, 3.63) is 10.4 Å². The minimum absolute atomic E-state index is 0.291. The van der Waals surface area contributed by atoms with E-state index in [4.69, 9.17) is 10.1 Å². The molecule has 0 radical (unpaired) electrons. The van der Waals surface area contributed by atoms with Crippen molar-refractivity contribution in [3.8, 4) is 0 Å². The van der Waals surface area contributed by atoms with Crippen molar-refractivity contribution >= 4 is 8.32 Å². The maximum atomic E-state index is 8.37. The molecule has 1 aliphatic rings. The first kappa shape index (κ1) is 14.5. The fourth-order valence-corrected chi connectivity index (χ4v) is 4.38. The standard InChI is InChI=1S/C11H24N4OSi/c1-4-5-9-17(2,3)16-15-8-6-7-11(15)10-13-14-12/h11H,4-10H2,1-3H3/t11-/m0/s1. The Labute approximate surface area is 105 Å². The first-order valence-corrected chi connectivity index (χ1v) is 9.67. The van der Waals surface area contributed by atoms with Gasteiger partial charge in [0, 0.05) is 24.0 Å². The SMILES string of the molecule is CCCC[Si](C)(C)ON1CCC[C@H]1CN=[N+]=[N-]. The lowest BCUT2D eigenvalue weighted by atomic mass is 10.2. The minimum atomic E-state index is -1.58. The van der Waals surface area contributed by atoms with Gasteiger partial charge in [0.1, 0.15) is 0 Å². The Kier molecular flexibility index (Phi) is 5.98. The average molecular weight is 256 g/mol. The lowest BCUT2D eigenvalue weighted by molar-refractivity contribution is -0.0781. The Morgan fingerprint density at radius 1 is 1.53 bits per heavy atom. The van der Waals surface area contributed by atoms with Gasteiger partial charge in [-0.15, -0.1) is 0 Å². The summed E-state index contributed by atoms with van der Waals surface area (Å²) in [6.45, 7) is 8.27. The summed E-state index contributed by atoms with van der Waals surface area (Å²) in [5.74, 6) is 0. The number of unbranched alkanes of at least 4 members (excludes halogenated alkanes) is 1. The van der Waals surface area contributed by atoms with E-state index in [1.165, 1.54) is 18.9 Å². The van der Waals surface area contributed by atoms with Crippen LogP contribution in [0, 0.1) is 0 Å². The molecule has 1 rings (SSSR count). The Bertz CT molecular complexity index is 279. The van der Waals surface area contributed by atoms with Gasteiger partial charge in [-0.3, -0.25) is 0 Å². The molecule has 1 heterocycles. The number of hydrogen-bond donors (Lipinski definition) is 0. The lowest BCUT2D eigenvalue weighted by Gasteiger charge is -2.32. The third-order valence-corrected chi connectivity index (χ3v) is 5.46. The number of rotatable bonds is 7. The molecule has 0 aromatic heterocycles. The van der Waals surface area contributed by atoms with Gasteiger partial charge in [-0.1, -0.05) is 24.9 Å². The number of azide groups is 1. The van der Waals surface area contributed by atoms with E-state index in [1.54, 1.807) is 0 Å². The van der Waals surface area contributed by atoms with Crippen molar-refractivity contribution in [3.63, 3.8) is 0 Å². The van der Waals surface area contributed by atoms with Crippen LogP contribution in [0.15, 0.2) is 5.11 Å². The maximum absolute atomic E-state index is 8.37. The molecular weight excluding hydrogens is 232 g/mol. The van der Waals surface area contributed by atoms with E-state index < -0.39 is 8.32 Å². The number of nitrogens with zero attached hydrogens (tertiary/aromatic N) is 4. The number of hydrogen-bond acceptors (Lipinski definition) is 3. The highest BCUT2D eigenvalue weighted by molar-refractivity contribution is 6.71. The van der Waals surface area contributed by atoms with Gasteiger partial charge in [-0.25, -0.2) is 0 Å². The van der Waals surface area contributed by atoms with E-state index in [-0.39, 0.29) is 0 Å². The van der Waals surface area contributed by atoms with Crippen LogP contribution in [-0.4, -0.2) is 32.5 Å². The molecule has 1 fully saturated rings. The molecule has 0 bridgehead atoms. The predicted octanol–water partition coefficient (Wildman–Crippen LogP) is 3.70. The van der Waals surface area contributed by atoms with Gasteiger partial charge < -0.3 is 4.53 Å². The van der Waals surface area contributed by atoms with Crippen LogP contribution >= 0.6 is 0 Å². The molecule has 0 aromatic carbocycles. The summed E-state index contributed by atoms with van der Waals surface area (Å²) in [7, 11) is -1.58. The van der Waals surface area contributed by atoms with Gasteiger partial charge >= 0.3 is 0 Å². The average Bonchev–Trinajstić information content (AvgIpc) is 2.70. The third kappa shape index (κ3) is 5.08. The molecule has 1 atom stereocenters. The molecule has 1 saturated heterocycles. The third-order valence-electron chi connectivity index (χ3n) is 3.18. The highest BCUT2D eigenvalue weighted by Gasteiger charge is 2.32. The van der Waals surface area contributed by atoms with Crippen molar-refractivity contribution in [1.29, 1.82) is 0 Å². The van der Waals surface area contributed by atoms with Crippen molar-refractivity contribution in [2.45, 2.75) is 57.8 Å². The molecule has 1 aliphatic heterocycles. The topological polar surface area (TPSA) is 61.2 Å². The molecule has 0 N–H and O–H groups in total. The molecule has 0 unspecified atom stereocenters. The maximum Gasteiger partial charge on any atom is 0.215 e. The monoisotopic (exact) mass is 256 g/mol. The molecule has 98 valence electrons. The zero-order valence-corrected chi connectivity index (χ0v) is 12.2. The Morgan fingerprint density at radius 2 is 2.29 bits per heavy atom. The Hall–Kier alpha value is -0.553. The summed E-state index contributed by atoms with van der Waals surface area (Å²) < 4.78 is 6.20. The summed E-state index contributed by atoms with van der Waals surface area (Å²) in [5, 5.41) is 5.75. The van der Waals surface area contributed by atoms with Crippen molar-refractivity contribution < 1.29 is 4.53 Å². The van der Waals surface area contributed by atoms with Crippen LogP contribution in [0.3, 0.4) is 0 Å². The predicted molar refractivity (Wildman–Crippen MR) is 72.0 cm³/mol. The first-order valence-electron chi connectivity index (χ1n) is 6.55. The van der Waals surface area contributed by atoms with Gasteiger partial charge in [0.15, 0.2) is 0 Å². The van der Waals surface area contributed by atoms with Crippen LogP contribution in [-0.2, 0) is 4.53 Å². The van der Waals surface area contributed by atoms with Crippen LogP contribution in [0.2, 0.25) is 19.1 Å². The summed E-state index contributed by atoms with van der Waals surface area (Å²) in [6.07, 6.45) is 4.69. The molecule has 0 amide bonds. The molecular formula is C11H24N4OSi. The van der Waals surface area contributed by atoms with E-state index in [0.717, 1.165) is 19.4 Å². The second-order valence-corrected chi connectivity index (χ2v) is 9.51. The summed E-state index contributed by atoms with van der Waals surface area (Å²) in [6, 6.07) is 1.49. The molecule has 0 saturated carbocycles. The van der Waals surface area contributed by atoms with Crippen LogP contribution < -0.4 is 0 Å². The molecule has 6 heteroatoms. The van der Waals surface area contributed by atoms with Crippen LogP contribution in [0.1, 0.15) is 32.6 Å². The molecule has 0 spiro atoms. The summed E-state index contributed by atoms with van der Waals surface area (Å²) in [4.78, 5) is 2.83. The lowest BCUT2D eigenvalue weighted by Crippen LogP contribution is -2.43. The van der Waals surface area contributed by atoms with Crippen LogP contribution in [0.5, 0.6) is 0 Å². The van der Waals surface area contributed by atoms with Gasteiger partial charge in [-0.2, -0.15) is 5.06 Å². The highest BCUT2D eigenvalue weighted by Crippen LogP contribution is 2.24. The van der Waals surface area contributed by atoms with E-state index in [9.17, 15) is 0 Å². The van der Waals surface area contributed by atoms with Crippen LogP contribution in [0.4, 0.5) is 0 Å². The molecule has 0 aliphatic carbocycles.